The lowest BCUT2D eigenvalue weighted by Crippen LogP contribution is -2.22. The average Bonchev–Trinajstić information content (AvgIpc) is 2.23. The van der Waals surface area contributed by atoms with E-state index in [0.29, 0.717) is 18.0 Å². The second-order valence-corrected chi connectivity index (χ2v) is 3.65. The standard InChI is InChI=1S/C11H21NO3/c1-9(5-7-13)8-12-6-4-10(2)11(14)15-3/h4,9,12-13H,5-8H2,1-3H3. The number of hydrogen-bond donors (Lipinski definition) is 2. The molecule has 0 aliphatic rings. The molecule has 2 N–H and O–H groups in total. The third kappa shape index (κ3) is 7.11. The lowest BCUT2D eigenvalue weighted by molar-refractivity contribution is -0.136. The Morgan fingerprint density at radius 2 is 2.27 bits per heavy atom. The number of aliphatic hydroxyl groups excluding tert-OH is 1. The molecule has 1 atom stereocenters. The van der Waals surface area contributed by atoms with Crippen LogP contribution in [-0.2, 0) is 9.53 Å². The predicted octanol–water partition coefficient (Wildman–Crippen LogP) is 0.714. The minimum atomic E-state index is -0.291. The number of methoxy groups -OCH3 is 1. The molecule has 4 heteroatoms. The third-order valence-corrected chi connectivity index (χ3v) is 2.17. The van der Waals surface area contributed by atoms with Gasteiger partial charge in [0.1, 0.15) is 0 Å². The highest BCUT2D eigenvalue weighted by molar-refractivity contribution is 5.87. The molecule has 0 aliphatic heterocycles. The fourth-order valence-corrected chi connectivity index (χ4v) is 1.12. The molecule has 0 bridgehead atoms. The fourth-order valence-electron chi connectivity index (χ4n) is 1.12. The minimum absolute atomic E-state index is 0.222. The van der Waals surface area contributed by atoms with Crippen LogP contribution in [0, 0.1) is 5.92 Å². The molecule has 0 saturated carbocycles. The predicted molar refractivity (Wildman–Crippen MR) is 59.5 cm³/mol. The van der Waals surface area contributed by atoms with Crippen molar-refractivity contribution in [2.45, 2.75) is 20.3 Å². The zero-order valence-corrected chi connectivity index (χ0v) is 9.75. The Morgan fingerprint density at radius 1 is 1.60 bits per heavy atom. The lowest BCUT2D eigenvalue weighted by Gasteiger charge is -2.09. The summed E-state index contributed by atoms with van der Waals surface area (Å²) >= 11 is 0. The summed E-state index contributed by atoms with van der Waals surface area (Å²) in [4.78, 5) is 11.0. The van der Waals surface area contributed by atoms with Crippen LogP contribution in [0.15, 0.2) is 11.6 Å². The van der Waals surface area contributed by atoms with Gasteiger partial charge in [0, 0.05) is 18.7 Å². The second-order valence-electron chi connectivity index (χ2n) is 3.65. The van der Waals surface area contributed by atoms with Crippen LogP contribution >= 0.6 is 0 Å². The molecule has 0 fully saturated rings. The van der Waals surface area contributed by atoms with Gasteiger partial charge in [-0.25, -0.2) is 4.79 Å². The third-order valence-electron chi connectivity index (χ3n) is 2.17. The smallest absolute Gasteiger partial charge is 0.333 e. The molecule has 0 aromatic carbocycles. The Hall–Kier alpha value is -0.870. The lowest BCUT2D eigenvalue weighted by atomic mass is 10.1. The van der Waals surface area contributed by atoms with E-state index < -0.39 is 0 Å². The van der Waals surface area contributed by atoms with Crippen LogP contribution in [0.1, 0.15) is 20.3 Å². The van der Waals surface area contributed by atoms with Gasteiger partial charge in [-0.05, 0) is 25.8 Å². The van der Waals surface area contributed by atoms with Gasteiger partial charge >= 0.3 is 5.97 Å². The van der Waals surface area contributed by atoms with Crippen molar-refractivity contribution in [3.63, 3.8) is 0 Å². The van der Waals surface area contributed by atoms with Crippen LogP contribution < -0.4 is 5.32 Å². The van der Waals surface area contributed by atoms with Gasteiger partial charge in [0.2, 0.25) is 0 Å². The zero-order chi connectivity index (χ0) is 11.7. The molecule has 0 aromatic rings. The molecule has 0 spiro atoms. The minimum Gasteiger partial charge on any atom is -0.466 e. The summed E-state index contributed by atoms with van der Waals surface area (Å²) in [5, 5.41) is 11.9. The number of carbonyl (C=O) groups excluding carboxylic acids is 1. The fraction of sp³-hybridized carbons (Fsp3) is 0.727. The van der Waals surface area contributed by atoms with Gasteiger partial charge in [-0.1, -0.05) is 13.0 Å². The highest BCUT2D eigenvalue weighted by Gasteiger charge is 2.02. The molecule has 88 valence electrons. The summed E-state index contributed by atoms with van der Waals surface area (Å²) in [5.41, 5.74) is 0.611. The molecule has 0 radical (unpaired) electrons. The molecule has 0 heterocycles. The Labute approximate surface area is 91.3 Å². The number of nitrogens with one attached hydrogen (secondary N) is 1. The van der Waals surface area contributed by atoms with Crippen LogP contribution in [0.25, 0.3) is 0 Å². The Kier molecular flexibility index (Phi) is 7.95. The van der Waals surface area contributed by atoms with Gasteiger partial charge in [0.05, 0.1) is 7.11 Å². The first-order valence-corrected chi connectivity index (χ1v) is 5.18. The molecular weight excluding hydrogens is 194 g/mol. The normalized spacial score (nSPS) is 13.7. The van der Waals surface area contributed by atoms with Crippen LogP contribution in [0.3, 0.4) is 0 Å². The quantitative estimate of drug-likeness (QED) is 0.373. The molecule has 0 rings (SSSR count). The van der Waals surface area contributed by atoms with Gasteiger partial charge in [0.25, 0.3) is 0 Å². The van der Waals surface area contributed by atoms with Gasteiger partial charge in [0.15, 0.2) is 0 Å². The van der Waals surface area contributed by atoms with Crippen molar-refractivity contribution in [2.24, 2.45) is 5.92 Å². The first-order valence-electron chi connectivity index (χ1n) is 5.18. The van der Waals surface area contributed by atoms with E-state index in [1.165, 1.54) is 7.11 Å². The average molecular weight is 215 g/mol. The molecule has 0 aromatic heterocycles. The number of rotatable bonds is 7. The maximum absolute atomic E-state index is 11.0. The molecule has 0 saturated heterocycles. The Morgan fingerprint density at radius 3 is 2.80 bits per heavy atom. The van der Waals surface area contributed by atoms with Crippen molar-refractivity contribution < 1.29 is 14.6 Å². The van der Waals surface area contributed by atoms with E-state index in [9.17, 15) is 4.79 Å². The van der Waals surface area contributed by atoms with Crippen molar-refractivity contribution >= 4 is 5.97 Å². The van der Waals surface area contributed by atoms with E-state index in [4.69, 9.17) is 5.11 Å². The molecule has 0 amide bonds. The molecule has 0 aliphatic carbocycles. The number of hydrogen-bond acceptors (Lipinski definition) is 4. The molecule has 15 heavy (non-hydrogen) atoms. The number of ether oxygens (including phenoxy) is 1. The van der Waals surface area contributed by atoms with Crippen molar-refractivity contribution in [1.29, 1.82) is 0 Å². The maximum atomic E-state index is 11.0. The van der Waals surface area contributed by atoms with E-state index in [-0.39, 0.29) is 12.6 Å². The van der Waals surface area contributed by atoms with Gasteiger partial charge in [-0.15, -0.1) is 0 Å². The summed E-state index contributed by atoms with van der Waals surface area (Å²) in [7, 11) is 1.37. The SMILES string of the molecule is COC(=O)C(C)=CCNCC(C)CCO. The van der Waals surface area contributed by atoms with E-state index >= 15 is 0 Å². The number of esters is 1. The zero-order valence-electron chi connectivity index (χ0n) is 9.75. The topological polar surface area (TPSA) is 58.6 Å². The van der Waals surface area contributed by atoms with Gasteiger partial charge in [-0.2, -0.15) is 0 Å². The summed E-state index contributed by atoms with van der Waals surface area (Å²) in [6.45, 7) is 5.51. The first-order chi connectivity index (χ1) is 7.11. The van der Waals surface area contributed by atoms with Gasteiger partial charge in [-0.3, -0.25) is 0 Å². The Balaban J connectivity index is 3.64. The second kappa shape index (κ2) is 8.44. The summed E-state index contributed by atoms with van der Waals surface area (Å²) in [6, 6.07) is 0. The van der Waals surface area contributed by atoms with Crippen LogP contribution in [0.2, 0.25) is 0 Å². The molecular formula is C11H21NO3. The van der Waals surface area contributed by atoms with Crippen molar-refractivity contribution in [3.05, 3.63) is 11.6 Å². The summed E-state index contributed by atoms with van der Waals surface area (Å²) in [5.74, 6) is 0.155. The van der Waals surface area contributed by atoms with E-state index in [1.54, 1.807) is 13.0 Å². The van der Waals surface area contributed by atoms with Crippen molar-refractivity contribution in [1.82, 2.24) is 5.32 Å². The van der Waals surface area contributed by atoms with Crippen LogP contribution in [-0.4, -0.2) is 37.9 Å². The number of aliphatic hydroxyl groups is 1. The van der Waals surface area contributed by atoms with Crippen molar-refractivity contribution in [2.75, 3.05) is 26.8 Å². The van der Waals surface area contributed by atoms with Crippen molar-refractivity contribution in [3.8, 4) is 0 Å². The van der Waals surface area contributed by atoms with Gasteiger partial charge < -0.3 is 15.2 Å². The highest BCUT2D eigenvalue weighted by Crippen LogP contribution is 1.98. The molecule has 1 unspecified atom stereocenters. The maximum Gasteiger partial charge on any atom is 0.333 e. The first kappa shape index (κ1) is 14.1. The van der Waals surface area contributed by atoms with E-state index in [2.05, 4.69) is 17.0 Å². The molecule has 4 nitrogen and oxygen atoms in total. The largest absolute Gasteiger partial charge is 0.466 e. The highest BCUT2D eigenvalue weighted by atomic mass is 16.5. The van der Waals surface area contributed by atoms with Crippen LogP contribution in [0.5, 0.6) is 0 Å². The monoisotopic (exact) mass is 215 g/mol. The summed E-state index contributed by atoms with van der Waals surface area (Å²) in [6.07, 6.45) is 2.60. The van der Waals surface area contributed by atoms with Crippen LogP contribution in [0.4, 0.5) is 0 Å². The van der Waals surface area contributed by atoms with E-state index in [1.807, 2.05) is 0 Å². The number of carbonyl (C=O) groups is 1. The summed E-state index contributed by atoms with van der Waals surface area (Å²) < 4.78 is 4.56. The Bertz CT molecular complexity index is 214. The van der Waals surface area contributed by atoms with E-state index in [0.717, 1.165) is 13.0 Å².